The molecule has 6 heteroatoms. The van der Waals surface area contributed by atoms with Gasteiger partial charge < -0.3 is 9.64 Å². The largest absolute Gasteiger partial charge is 0.377 e. The Hall–Kier alpha value is -2.99. The maximum absolute atomic E-state index is 13.4. The van der Waals surface area contributed by atoms with Gasteiger partial charge in [0.05, 0.1) is 24.8 Å². The SMILES string of the molecule is CCN(CCc1ccncc1)C1=C(c2ccc(C)cc2)C(=O)N(CCOC(C)C)C1=O. The molecule has 1 aliphatic heterocycles. The van der Waals surface area contributed by atoms with Crippen LogP contribution in [0.3, 0.4) is 0 Å². The van der Waals surface area contributed by atoms with E-state index in [-0.39, 0.29) is 24.5 Å². The van der Waals surface area contributed by atoms with Crippen LogP contribution in [0.25, 0.3) is 5.57 Å². The fourth-order valence-electron chi connectivity index (χ4n) is 3.66. The van der Waals surface area contributed by atoms with Crippen LogP contribution in [-0.2, 0) is 20.7 Å². The van der Waals surface area contributed by atoms with Crippen molar-refractivity contribution in [1.29, 1.82) is 0 Å². The number of hydrogen-bond donors (Lipinski definition) is 0. The van der Waals surface area contributed by atoms with E-state index < -0.39 is 0 Å². The minimum absolute atomic E-state index is 0.0457. The van der Waals surface area contributed by atoms with Crippen LogP contribution in [0.15, 0.2) is 54.5 Å². The van der Waals surface area contributed by atoms with Gasteiger partial charge in [-0.2, -0.15) is 0 Å². The molecule has 2 amide bonds. The summed E-state index contributed by atoms with van der Waals surface area (Å²) in [5.41, 5.74) is 3.98. The molecule has 164 valence electrons. The lowest BCUT2D eigenvalue weighted by Gasteiger charge is -2.25. The first kappa shape index (κ1) is 22.7. The second-order valence-corrected chi connectivity index (χ2v) is 7.96. The van der Waals surface area contributed by atoms with E-state index in [1.54, 1.807) is 12.4 Å². The van der Waals surface area contributed by atoms with Crippen molar-refractivity contribution in [2.75, 3.05) is 26.2 Å². The number of nitrogens with zero attached hydrogens (tertiary/aromatic N) is 3. The fraction of sp³-hybridized carbons (Fsp3) is 0.400. The van der Waals surface area contributed by atoms with Crippen LogP contribution < -0.4 is 0 Å². The Bertz CT molecular complexity index is 936. The third-order valence-electron chi connectivity index (χ3n) is 5.37. The molecule has 0 aliphatic carbocycles. The molecule has 6 nitrogen and oxygen atoms in total. The molecule has 0 unspecified atom stereocenters. The Morgan fingerprint density at radius 3 is 2.32 bits per heavy atom. The summed E-state index contributed by atoms with van der Waals surface area (Å²) in [4.78, 5) is 34.1. The van der Waals surface area contributed by atoms with Gasteiger partial charge in [0.1, 0.15) is 5.70 Å². The van der Waals surface area contributed by atoms with Gasteiger partial charge in [-0.1, -0.05) is 29.8 Å². The maximum atomic E-state index is 13.4. The first-order valence-electron chi connectivity index (χ1n) is 10.8. The quantitative estimate of drug-likeness (QED) is 0.550. The summed E-state index contributed by atoms with van der Waals surface area (Å²) in [6.45, 7) is 9.73. The highest BCUT2D eigenvalue weighted by atomic mass is 16.5. The van der Waals surface area contributed by atoms with E-state index in [4.69, 9.17) is 4.74 Å². The molecule has 2 heterocycles. The van der Waals surface area contributed by atoms with E-state index in [0.717, 1.165) is 23.1 Å². The van der Waals surface area contributed by atoms with E-state index in [1.807, 2.05) is 69.0 Å². The second kappa shape index (κ2) is 10.4. The minimum Gasteiger partial charge on any atom is -0.377 e. The normalized spacial score (nSPS) is 14.2. The molecule has 1 aromatic carbocycles. The molecular formula is C25H31N3O3. The van der Waals surface area contributed by atoms with Gasteiger partial charge in [0.2, 0.25) is 0 Å². The lowest BCUT2D eigenvalue weighted by Crippen LogP contribution is -2.38. The fourth-order valence-corrected chi connectivity index (χ4v) is 3.66. The standard InChI is InChI=1S/C25H31N3O3/c1-5-27(15-12-20-10-13-26-14-11-20)23-22(21-8-6-19(4)7-9-21)24(29)28(25(23)30)16-17-31-18(2)3/h6-11,13-14,18H,5,12,15-17H2,1-4H3. The van der Waals surface area contributed by atoms with Gasteiger partial charge in [-0.05, 0) is 57.4 Å². The molecule has 0 atom stereocenters. The predicted octanol–water partition coefficient (Wildman–Crippen LogP) is 3.46. The molecule has 0 saturated carbocycles. The average molecular weight is 422 g/mol. The Morgan fingerprint density at radius 2 is 1.71 bits per heavy atom. The zero-order chi connectivity index (χ0) is 22.4. The average Bonchev–Trinajstić information content (AvgIpc) is 3.00. The predicted molar refractivity (Wildman–Crippen MR) is 121 cm³/mol. The van der Waals surface area contributed by atoms with Crippen molar-refractivity contribution in [3.63, 3.8) is 0 Å². The first-order valence-corrected chi connectivity index (χ1v) is 10.8. The Balaban J connectivity index is 1.92. The number of ether oxygens (including phenoxy) is 1. The third-order valence-corrected chi connectivity index (χ3v) is 5.37. The van der Waals surface area contributed by atoms with Crippen molar-refractivity contribution in [2.45, 2.75) is 40.2 Å². The number of pyridine rings is 1. The summed E-state index contributed by atoms with van der Waals surface area (Å²) in [5.74, 6) is -0.497. The summed E-state index contributed by atoms with van der Waals surface area (Å²) in [6, 6.07) is 11.7. The second-order valence-electron chi connectivity index (χ2n) is 7.96. The molecule has 31 heavy (non-hydrogen) atoms. The molecule has 1 aliphatic rings. The number of aryl methyl sites for hydroxylation is 1. The number of likely N-dealkylation sites (N-methyl/N-ethyl adjacent to an activating group) is 1. The lowest BCUT2D eigenvalue weighted by atomic mass is 10.0. The first-order chi connectivity index (χ1) is 14.9. The molecule has 0 radical (unpaired) electrons. The van der Waals surface area contributed by atoms with Crippen molar-refractivity contribution >= 4 is 17.4 Å². The van der Waals surface area contributed by atoms with Crippen LogP contribution >= 0.6 is 0 Å². The number of hydrogen-bond acceptors (Lipinski definition) is 5. The Labute approximate surface area is 184 Å². The van der Waals surface area contributed by atoms with Gasteiger partial charge in [-0.25, -0.2) is 0 Å². The molecule has 0 fully saturated rings. The van der Waals surface area contributed by atoms with Crippen LogP contribution in [0.1, 0.15) is 37.5 Å². The van der Waals surface area contributed by atoms with Crippen molar-refractivity contribution in [3.05, 3.63) is 71.2 Å². The highest BCUT2D eigenvalue weighted by Crippen LogP contribution is 2.32. The van der Waals surface area contributed by atoms with Crippen LogP contribution in [0.2, 0.25) is 0 Å². The summed E-state index contributed by atoms with van der Waals surface area (Å²) >= 11 is 0. The van der Waals surface area contributed by atoms with Crippen LogP contribution in [0, 0.1) is 6.92 Å². The van der Waals surface area contributed by atoms with Gasteiger partial charge in [-0.3, -0.25) is 19.5 Å². The van der Waals surface area contributed by atoms with Gasteiger partial charge in [0.25, 0.3) is 11.8 Å². The van der Waals surface area contributed by atoms with E-state index >= 15 is 0 Å². The molecule has 0 N–H and O–H groups in total. The van der Waals surface area contributed by atoms with Gasteiger partial charge in [0.15, 0.2) is 0 Å². The van der Waals surface area contributed by atoms with Crippen LogP contribution in [0.5, 0.6) is 0 Å². The highest BCUT2D eigenvalue weighted by molar-refractivity contribution is 6.35. The number of imide groups is 1. The zero-order valence-electron chi connectivity index (χ0n) is 18.8. The maximum Gasteiger partial charge on any atom is 0.277 e. The Kier molecular flexibility index (Phi) is 7.58. The number of aromatic nitrogens is 1. The van der Waals surface area contributed by atoms with Gasteiger partial charge in [0, 0.05) is 25.5 Å². The molecule has 3 rings (SSSR count). The van der Waals surface area contributed by atoms with Gasteiger partial charge >= 0.3 is 0 Å². The minimum atomic E-state index is -0.251. The molecular weight excluding hydrogens is 390 g/mol. The summed E-state index contributed by atoms with van der Waals surface area (Å²) in [6.07, 6.45) is 4.34. The smallest absolute Gasteiger partial charge is 0.277 e. The number of benzene rings is 1. The van der Waals surface area contributed by atoms with Crippen LogP contribution in [0.4, 0.5) is 0 Å². The molecule has 0 bridgehead atoms. The van der Waals surface area contributed by atoms with E-state index in [9.17, 15) is 9.59 Å². The zero-order valence-corrected chi connectivity index (χ0v) is 18.8. The third kappa shape index (κ3) is 5.39. The highest BCUT2D eigenvalue weighted by Gasteiger charge is 2.40. The van der Waals surface area contributed by atoms with Crippen molar-refractivity contribution < 1.29 is 14.3 Å². The van der Waals surface area contributed by atoms with E-state index in [1.165, 1.54) is 4.90 Å². The number of carbonyl (C=O) groups is 2. The number of rotatable bonds is 10. The monoisotopic (exact) mass is 421 g/mol. The molecule has 0 spiro atoms. The van der Waals surface area contributed by atoms with Crippen molar-refractivity contribution in [2.24, 2.45) is 0 Å². The molecule has 0 saturated heterocycles. The Morgan fingerprint density at radius 1 is 1.03 bits per heavy atom. The number of carbonyl (C=O) groups excluding carboxylic acids is 2. The lowest BCUT2D eigenvalue weighted by molar-refractivity contribution is -0.138. The molecule has 2 aromatic rings. The summed E-state index contributed by atoms with van der Waals surface area (Å²) in [7, 11) is 0. The summed E-state index contributed by atoms with van der Waals surface area (Å²) < 4.78 is 5.60. The van der Waals surface area contributed by atoms with Crippen molar-refractivity contribution in [3.8, 4) is 0 Å². The van der Waals surface area contributed by atoms with E-state index in [0.29, 0.717) is 31.0 Å². The number of amides is 2. The molecule has 1 aromatic heterocycles. The van der Waals surface area contributed by atoms with Crippen LogP contribution in [-0.4, -0.2) is 58.9 Å². The summed E-state index contributed by atoms with van der Waals surface area (Å²) in [5, 5.41) is 0. The topological polar surface area (TPSA) is 62.7 Å². The van der Waals surface area contributed by atoms with E-state index in [2.05, 4.69) is 4.98 Å². The van der Waals surface area contributed by atoms with Crippen molar-refractivity contribution in [1.82, 2.24) is 14.8 Å². The van der Waals surface area contributed by atoms with Gasteiger partial charge in [-0.15, -0.1) is 0 Å².